The number of rotatable bonds is 6. The second-order valence-corrected chi connectivity index (χ2v) is 5.45. The van der Waals surface area contributed by atoms with Crippen LogP contribution in [0.1, 0.15) is 26.2 Å². The normalized spacial score (nSPS) is 27.0. The minimum Gasteiger partial charge on any atom is -0.370 e. The smallest absolute Gasteiger partial charge is 0.370 e. The van der Waals surface area contributed by atoms with Crippen molar-refractivity contribution in [2.75, 3.05) is 19.8 Å². The highest BCUT2D eigenvalue weighted by atomic mass is 19.4. The summed E-state index contributed by atoms with van der Waals surface area (Å²) in [6, 6.07) is -1.15. The zero-order chi connectivity index (χ0) is 15.6. The summed E-state index contributed by atoms with van der Waals surface area (Å²) < 4.78 is 40.6. The van der Waals surface area contributed by atoms with Crippen molar-refractivity contribution in [1.82, 2.24) is 10.2 Å². The van der Waals surface area contributed by atoms with E-state index in [9.17, 15) is 22.8 Å². The van der Waals surface area contributed by atoms with Crippen molar-refractivity contribution in [2.24, 2.45) is 5.92 Å². The van der Waals surface area contributed by atoms with Gasteiger partial charge in [0.2, 0.25) is 11.8 Å². The summed E-state index contributed by atoms with van der Waals surface area (Å²) >= 11 is 0. The lowest BCUT2D eigenvalue weighted by Crippen LogP contribution is -2.64. The number of alkyl halides is 3. The van der Waals surface area contributed by atoms with E-state index < -0.39 is 24.9 Å². The van der Waals surface area contributed by atoms with Crippen molar-refractivity contribution in [2.45, 2.75) is 44.4 Å². The van der Waals surface area contributed by atoms with Gasteiger partial charge in [-0.1, -0.05) is 6.92 Å². The fourth-order valence-electron chi connectivity index (χ4n) is 2.56. The molecule has 0 bridgehead atoms. The lowest BCUT2D eigenvalue weighted by Gasteiger charge is -2.38. The van der Waals surface area contributed by atoms with E-state index in [4.69, 9.17) is 0 Å². The second kappa shape index (κ2) is 6.21. The molecule has 2 fully saturated rings. The van der Waals surface area contributed by atoms with Gasteiger partial charge < -0.3 is 15.0 Å². The van der Waals surface area contributed by atoms with E-state index in [1.54, 1.807) is 6.92 Å². The molecule has 1 aliphatic carbocycles. The van der Waals surface area contributed by atoms with Crippen molar-refractivity contribution in [3.05, 3.63) is 0 Å². The average Bonchev–Trinajstić information content (AvgIpc) is 3.21. The molecule has 0 spiro atoms. The predicted molar refractivity (Wildman–Crippen MR) is 67.3 cm³/mol. The van der Waals surface area contributed by atoms with Gasteiger partial charge in [0, 0.05) is 6.54 Å². The maximum atomic E-state index is 12.3. The van der Waals surface area contributed by atoms with Crippen LogP contribution in [0, 0.1) is 5.92 Å². The van der Waals surface area contributed by atoms with Gasteiger partial charge >= 0.3 is 6.18 Å². The van der Waals surface area contributed by atoms with Crippen LogP contribution in [0.15, 0.2) is 0 Å². The van der Waals surface area contributed by atoms with E-state index in [2.05, 4.69) is 10.1 Å². The largest absolute Gasteiger partial charge is 0.411 e. The highest BCUT2D eigenvalue weighted by Crippen LogP contribution is 2.35. The third-order valence-electron chi connectivity index (χ3n) is 3.75. The first-order chi connectivity index (χ1) is 9.83. The molecule has 0 aromatic carbocycles. The standard InChI is InChI=1S/C13H19F3N2O3/c1-2-9-11(19)17-10(8-3-4-8)12(20)18(9)5-6-21-7-13(14,15)16/h8-10H,2-7H2,1H3,(H,17,19). The molecule has 8 heteroatoms. The first kappa shape index (κ1) is 16.1. The fraction of sp³-hybridized carbons (Fsp3) is 0.846. The molecule has 5 nitrogen and oxygen atoms in total. The summed E-state index contributed by atoms with van der Waals surface area (Å²) in [6.45, 7) is 0.194. The lowest BCUT2D eigenvalue weighted by atomic mass is 10.0. The molecule has 0 aromatic rings. The highest BCUT2D eigenvalue weighted by molar-refractivity contribution is 5.97. The van der Waals surface area contributed by atoms with Crippen LogP contribution in [0.3, 0.4) is 0 Å². The monoisotopic (exact) mass is 308 g/mol. The summed E-state index contributed by atoms with van der Waals surface area (Å²) in [7, 11) is 0. The molecular weight excluding hydrogens is 289 g/mol. The third-order valence-corrected chi connectivity index (χ3v) is 3.75. The van der Waals surface area contributed by atoms with E-state index >= 15 is 0 Å². The Morgan fingerprint density at radius 3 is 2.52 bits per heavy atom. The second-order valence-electron chi connectivity index (χ2n) is 5.45. The van der Waals surface area contributed by atoms with Crippen LogP contribution < -0.4 is 5.32 Å². The lowest BCUT2D eigenvalue weighted by molar-refractivity contribution is -0.176. The summed E-state index contributed by atoms with van der Waals surface area (Å²) in [6.07, 6.45) is -2.17. The van der Waals surface area contributed by atoms with Crippen molar-refractivity contribution in [3.63, 3.8) is 0 Å². The van der Waals surface area contributed by atoms with Gasteiger partial charge in [0.25, 0.3) is 0 Å². The molecule has 1 heterocycles. The minimum atomic E-state index is -4.38. The number of hydrogen-bond acceptors (Lipinski definition) is 3. The number of hydrogen-bond donors (Lipinski definition) is 1. The van der Waals surface area contributed by atoms with E-state index in [1.807, 2.05) is 0 Å². The molecule has 1 saturated heterocycles. The zero-order valence-corrected chi connectivity index (χ0v) is 11.8. The number of piperazine rings is 1. The SMILES string of the molecule is CCC1C(=O)NC(C2CC2)C(=O)N1CCOCC(F)(F)F. The Hall–Kier alpha value is -1.31. The Balaban J connectivity index is 1.92. The van der Waals surface area contributed by atoms with Crippen LogP contribution in [0.5, 0.6) is 0 Å². The van der Waals surface area contributed by atoms with Gasteiger partial charge in [-0.3, -0.25) is 9.59 Å². The molecule has 2 unspecified atom stereocenters. The van der Waals surface area contributed by atoms with E-state index in [0.717, 1.165) is 12.8 Å². The van der Waals surface area contributed by atoms with Crippen LogP contribution in [-0.2, 0) is 14.3 Å². The van der Waals surface area contributed by atoms with Gasteiger partial charge in [-0.2, -0.15) is 13.2 Å². The molecule has 2 rings (SSSR count). The summed E-state index contributed by atoms with van der Waals surface area (Å²) in [4.78, 5) is 25.7. The van der Waals surface area contributed by atoms with Gasteiger partial charge in [-0.25, -0.2) is 0 Å². The Morgan fingerprint density at radius 1 is 1.33 bits per heavy atom. The number of carbonyl (C=O) groups is 2. The molecule has 21 heavy (non-hydrogen) atoms. The van der Waals surface area contributed by atoms with Crippen molar-refractivity contribution in [3.8, 4) is 0 Å². The molecule has 120 valence electrons. The summed E-state index contributed by atoms with van der Waals surface area (Å²) in [5.74, 6) is -0.276. The number of halogens is 3. The molecule has 0 radical (unpaired) electrons. The van der Waals surface area contributed by atoms with Crippen molar-refractivity contribution < 1.29 is 27.5 Å². The van der Waals surface area contributed by atoms with Gasteiger partial charge in [-0.05, 0) is 25.2 Å². The third kappa shape index (κ3) is 4.09. The van der Waals surface area contributed by atoms with Crippen molar-refractivity contribution in [1.29, 1.82) is 0 Å². The van der Waals surface area contributed by atoms with E-state index in [-0.39, 0.29) is 30.9 Å². The number of nitrogens with zero attached hydrogens (tertiary/aromatic N) is 1. The molecule has 1 aliphatic heterocycles. The average molecular weight is 308 g/mol. The number of carbonyl (C=O) groups excluding carboxylic acids is 2. The maximum Gasteiger partial charge on any atom is 0.411 e. The van der Waals surface area contributed by atoms with Gasteiger partial charge in [0.15, 0.2) is 0 Å². The van der Waals surface area contributed by atoms with Crippen LogP contribution in [0.25, 0.3) is 0 Å². The van der Waals surface area contributed by atoms with Gasteiger partial charge in [-0.15, -0.1) is 0 Å². The predicted octanol–water partition coefficient (Wildman–Crippen LogP) is 1.08. The Labute approximate surface area is 120 Å². The van der Waals surface area contributed by atoms with Gasteiger partial charge in [0.1, 0.15) is 18.7 Å². The first-order valence-electron chi connectivity index (χ1n) is 7.09. The topological polar surface area (TPSA) is 58.6 Å². The number of nitrogens with one attached hydrogen (secondary N) is 1. The summed E-state index contributed by atoms with van der Waals surface area (Å²) in [5, 5.41) is 2.72. The van der Waals surface area contributed by atoms with Gasteiger partial charge in [0.05, 0.1) is 6.61 Å². The molecule has 1 N–H and O–H groups in total. The van der Waals surface area contributed by atoms with Crippen LogP contribution >= 0.6 is 0 Å². The number of ether oxygens (including phenoxy) is 1. The molecule has 1 saturated carbocycles. The zero-order valence-electron chi connectivity index (χ0n) is 11.8. The Kier molecular flexibility index (Phi) is 4.75. The summed E-state index contributed by atoms with van der Waals surface area (Å²) in [5.41, 5.74) is 0. The van der Waals surface area contributed by atoms with E-state index in [1.165, 1.54) is 4.90 Å². The quantitative estimate of drug-likeness (QED) is 0.747. The van der Waals surface area contributed by atoms with Crippen molar-refractivity contribution >= 4 is 11.8 Å². The van der Waals surface area contributed by atoms with E-state index in [0.29, 0.717) is 6.42 Å². The van der Waals surface area contributed by atoms with Crippen LogP contribution in [-0.4, -0.2) is 54.7 Å². The molecule has 2 aliphatic rings. The maximum absolute atomic E-state index is 12.3. The molecule has 0 aromatic heterocycles. The Bertz CT molecular complexity index is 410. The highest BCUT2D eigenvalue weighted by Gasteiger charge is 2.46. The molecule has 2 amide bonds. The van der Waals surface area contributed by atoms with Crippen LogP contribution in [0.4, 0.5) is 13.2 Å². The molecule has 2 atom stereocenters. The van der Waals surface area contributed by atoms with Crippen LogP contribution in [0.2, 0.25) is 0 Å². The number of amides is 2. The molecular formula is C13H19F3N2O3. The Morgan fingerprint density at radius 2 is 2.00 bits per heavy atom. The first-order valence-corrected chi connectivity index (χ1v) is 7.09. The minimum absolute atomic E-state index is 0.00403. The fourth-order valence-corrected chi connectivity index (χ4v) is 2.56.